The van der Waals surface area contributed by atoms with Gasteiger partial charge < -0.3 is 15.4 Å². The Morgan fingerprint density at radius 3 is 2.48 bits per heavy atom. The number of anilines is 1. The van der Waals surface area contributed by atoms with Gasteiger partial charge in [0.15, 0.2) is 6.61 Å². The van der Waals surface area contributed by atoms with E-state index in [1.165, 1.54) is 18.3 Å². The topological polar surface area (TPSA) is 84.5 Å². The largest absolute Gasteiger partial charge is 0.452 e. The Hall–Kier alpha value is -1.89. The molecule has 0 unspecified atom stereocenters. The van der Waals surface area contributed by atoms with Gasteiger partial charge in [0.2, 0.25) is 5.91 Å². The molecule has 0 bridgehead atoms. The van der Waals surface area contributed by atoms with Crippen molar-refractivity contribution in [3.63, 3.8) is 0 Å². The number of carbonyl (C=O) groups excluding carboxylic acids is 3. The molecule has 1 aliphatic rings. The van der Waals surface area contributed by atoms with Gasteiger partial charge in [-0.15, -0.1) is 11.3 Å². The summed E-state index contributed by atoms with van der Waals surface area (Å²) in [5, 5.41) is 6.10. The van der Waals surface area contributed by atoms with Crippen LogP contribution in [0.2, 0.25) is 0 Å². The van der Waals surface area contributed by atoms with E-state index in [9.17, 15) is 14.4 Å². The number of esters is 1. The van der Waals surface area contributed by atoms with Crippen LogP contribution in [0.4, 0.5) is 5.00 Å². The Labute approximate surface area is 152 Å². The maximum absolute atomic E-state index is 12.6. The van der Waals surface area contributed by atoms with Crippen LogP contribution in [0.15, 0.2) is 0 Å². The molecule has 1 aliphatic carbocycles. The number of rotatable bonds is 7. The van der Waals surface area contributed by atoms with Gasteiger partial charge in [-0.05, 0) is 44.1 Å². The Kier molecular flexibility index (Phi) is 6.99. The highest BCUT2D eigenvalue weighted by Gasteiger charge is 2.27. The van der Waals surface area contributed by atoms with Gasteiger partial charge in [0, 0.05) is 17.8 Å². The summed E-state index contributed by atoms with van der Waals surface area (Å²) >= 11 is 1.44. The van der Waals surface area contributed by atoms with Crippen LogP contribution in [0, 0.1) is 0 Å². The molecule has 0 spiro atoms. The summed E-state index contributed by atoms with van der Waals surface area (Å²) in [6.07, 6.45) is 5.48. The van der Waals surface area contributed by atoms with Gasteiger partial charge in [-0.25, -0.2) is 4.79 Å². The number of amides is 2. The summed E-state index contributed by atoms with van der Waals surface area (Å²) in [4.78, 5) is 37.1. The van der Waals surface area contributed by atoms with Crippen molar-refractivity contribution in [2.75, 3.05) is 11.9 Å². The van der Waals surface area contributed by atoms with Gasteiger partial charge in [-0.3, -0.25) is 9.59 Å². The van der Waals surface area contributed by atoms with Crippen molar-refractivity contribution in [3.8, 4) is 0 Å². The third kappa shape index (κ3) is 5.04. The summed E-state index contributed by atoms with van der Waals surface area (Å²) in [6.45, 7) is 5.10. The van der Waals surface area contributed by atoms with E-state index >= 15 is 0 Å². The fraction of sp³-hybridized carbons (Fsp3) is 0.611. The molecule has 6 nitrogen and oxygen atoms in total. The lowest BCUT2D eigenvalue weighted by Gasteiger charge is -2.15. The predicted molar refractivity (Wildman–Crippen MR) is 98.1 cm³/mol. The number of aryl methyl sites for hydroxylation is 1. The van der Waals surface area contributed by atoms with Crippen LogP contribution in [0.3, 0.4) is 0 Å². The standard InChI is InChI=1S/C18H26N2O4S/c1-4-12(5-2)20-15(22)10-24-18(23)16-13-8-6-7-9-14(13)25-17(16)19-11(3)21/h12H,4-10H2,1-3H3,(H,19,21)(H,20,22). The molecule has 0 fully saturated rings. The van der Waals surface area contributed by atoms with Gasteiger partial charge in [-0.1, -0.05) is 13.8 Å². The fourth-order valence-corrected chi connectivity index (χ4v) is 4.32. The molecule has 1 heterocycles. The zero-order valence-corrected chi connectivity index (χ0v) is 15.9. The van der Waals surface area contributed by atoms with E-state index in [4.69, 9.17) is 4.74 Å². The smallest absolute Gasteiger partial charge is 0.341 e. The number of fused-ring (bicyclic) bond motifs is 1. The summed E-state index contributed by atoms with van der Waals surface area (Å²) in [6, 6.07) is 0.0926. The van der Waals surface area contributed by atoms with Crippen molar-refractivity contribution < 1.29 is 19.1 Å². The highest BCUT2D eigenvalue weighted by molar-refractivity contribution is 7.17. The minimum absolute atomic E-state index is 0.0926. The molecule has 0 saturated carbocycles. The molecular weight excluding hydrogens is 340 g/mol. The molecule has 1 aromatic heterocycles. The van der Waals surface area contributed by atoms with E-state index in [0.29, 0.717) is 10.6 Å². The quantitative estimate of drug-likeness (QED) is 0.727. The molecule has 0 atom stereocenters. The maximum atomic E-state index is 12.6. The molecule has 0 saturated heterocycles. The highest BCUT2D eigenvalue weighted by Crippen LogP contribution is 2.38. The van der Waals surface area contributed by atoms with Crippen LogP contribution in [0.25, 0.3) is 0 Å². The lowest BCUT2D eigenvalue weighted by Crippen LogP contribution is -2.37. The van der Waals surface area contributed by atoms with Gasteiger partial charge in [0.25, 0.3) is 5.91 Å². The summed E-state index contributed by atoms with van der Waals surface area (Å²) in [7, 11) is 0. The average molecular weight is 366 g/mol. The molecule has 0 aliphatic heterocycles. The Morgan fingerprint density at radius 1 is 1.16 bits per heavy atom. The number of hydrogen-bond donors (Lipinski definition) is 2. The molecule has 7 heteroatoms. The Morgan fingerprint density at radius 2 is 1.84 bits per heavy atom. The first-order chi connectivity index (χ1) is 12.0. The number of carbonyl (C=O) groups is 3. The monoisotopic (exact) mass is 366 g/mol. The van der Waals surface area contributed by atoms with Crippen LogP contribution in [0.1, 0.15) is 67.3 Å². The minimum atomic E-state index is -0.539. The highest BCUT2D eigenvalue weighted by atomic mass is 32.1. The van der Waals surface area contributed by atoms with E-state index in [0.717, 1.165) is 49.0 Å². The van der Waals surface area contributed by atoms with Gasteiger partial charge >= 0.3 is 5.97 Å². The Bertz CT molecular complexity index is 650. The van der Waals surface area contributed by atoms with Crippen molar-refractivity contribution in [3.05, 3.63) is 16.0 Å². The molecule has 2 rings (SSSR count). The van der Waals surface area contributed by atoms with Gasteiger partial charge in [0.1, 0.15) is 5.00 Å². The first kappa shape index (κ1) is 19.4. The number of nitrogens with one attached hydrogen (secondary N) is 2. The normalized spacial score (nSPS) is 13.3. The van der Waals surface area contributed by atoms with Gasteiger partial charge in [0.05, 0.1) is 5.56 Å². The molecule has 1 aromatic rings. The number of thiophene rings is 1. The molecule has 25 heavy (non-hydrogen) atoms. The summed E-state index contributed by atoms with van der Waals surface area (Å²) < 4.78 is 5.23. The van der Waals surface area contributed by atoms with Crippen molar-refractivity contribution >= 4 is 34.1 Å². The van der Waals surface area contributed by atoms with E-state index in [1.54, 1.807) is 0 Å². The lowest BCUT2D eigenvalue weighted by atomic mass is 9.95. The van der Waals surface area contributed by atoms with E-state index < -0.39 is 5.97 Å². The van der Waals surface area contributed by atoms with Crippen LogP contribution in [0.5, 0.6) is 0 Å². The zero-order chi connectivity index (χ0) is 18.4. The molecule has 0 radical (unpaired) electrons. The number of hydrogen-bond acceptors (Lipinski definition) is 5. The fourth-order valence-electron chi connectivity index (χ4n) is 3.00. The Balaban J connectivity index is 2.08. The molecule has 2 amide bonds. The van der Waals surface area contributed by atoms with E-state index in [-0.39, 0.29) is 24.5 Å². The van der Waals surface area contributed by atoms with Crippen LogP contribution < -0.4 is 10.6 Å². The summed E-state index contributed by atoms with van der Waals surface area (Å²) in [5.74, 6) is -1.06. The van der Waals surface area contributed by atoms with Crippen LogP contribution in [-0.4, -0.2) is 30.4 Å². The molecule has 138 valence electrons. The number of ether oxygens (including phenoxy) is 1. The van der Waals surface area contributed by atoms with E-state index in [2.05, 4.69) is 10.6 Å². The van der Waals surface area contributed by atoms with Crippen molar-refractivity contribution in [2.24, 2.45) is 0 Å². The van der Waals surface area contributed by atoms with Crippen molar-refractivity contribution in [1.82, 2.24) is 5.32 Å². The second-order valence-electron chi connectivity index (χ2n) is 6.25. The van der Waals surface area contributed by atoms with Crippen LogP contribution >= 0.6 is 11.3 Å². The second-order valence-corrected chi connectivity index (χ2v) is 7.36. The maximum Gasteiger partial charge on any atom is 0.341 e. The minimum Gasteiger partial charge on any atom is -0.452 e. The molecular formula is C18H26N2O4S. The van der Waals surface area contributed by atoms with Crippen LogP contribution in [-0.2, 0) is 27.2 Å². The first-order valence-electron chi connectivity index (χ1n) is 8.84. The van der Waals surface area contributed by atoms with E-state index in [1.807, 2.05) is 13.8 Å². The average Bonchev–Trinajstić information content (AvgIpc) is 2.94. The lowest BCUT2D eigenvalue weighted by molar-refractivity contribution is -0.125. The molecule has 2 N–H and O–H groups in total. The first-order valence-corrected chi connectivity index (χ1v) is 9.66. The zero-order valence-electron chi connectivity index (χ0n) is 15.1. The third-order valence-corrected chi connectivity index (χ3v) is 5.56. The summed E-state index contributed by atoms with van der Waals surface area (Å²) in [5.41, 5.74) is 1.38. The van der Waals surface area contributed by atoms with Gasteiger partial charge in [-0.2, -0.15) is 0 Å². The molecule has 0 aromatic carbocycles. The second kappa shape index (κ2) is 8.99. The third-order valence-electron chi connectivity index (χ3n) is 4.35. The van der Waals surface area contributed by atoms with Crippen molar-refractivity contribution in [1.29, 1.82) is 0 Å². The SMILES string of the molecule is CCC(CC)NC(=O)COC(=O)c1c(NC(C)=O)sc2c1CCCC2. The van der Waals surface area contributed by atoms with Crippen molar-refractivity contribution in [2.45, 2.75) is 65.3 Å². The predicted octanol–water partition coefficient (Wildman–Crippen LogP) is 3.05.